The molecular weight excluding hydrogens is 418 g/mol. The minimum Gasteiger partial charge on any atom is -0.486 e. The van der Waals surface area contributed by atoms with E-state index in [0.717, 1.165) is 0 Å². The summed E-state index contributed by atoms with van der Waals surface area (Å²) < 4.78 is 36.8. The fourth-order valence-corrected chi connectivity index (χ4v) is 4.60. The SMILES string of the molecule is [C-]#[N+]C1(c2ccc(OC(F)F)c(OC3Cc4ccccc4C3)c2)CCN(CC(=O)O)CC1. The fraction of sp³-hybridized carbons (Fsp3) is 0.417. The molecule has 2 aliphatic rings. The lowest BCUT2D eigenvalue weighted by Gasteiger charge is -2.33. The average molecular weight is 442 g/mol. The molecule has 1 heterocycles. The number of aliphatic carboxylic acids is 1. The number of ether oxygens (including phenoxy) is 2. The number of halogens is 2. The summed E-state index contributed by atoms with van der Waals surface area (Å²) in [6.07, 6.45) is 2.04. The molecule has 0 atom stereocenters. The molecule has 4 rings (SSSR count). The van der Waals surface area contributed by atoms with E-state index in [1.807, 2.05) is 24.3 Å². The topological polar surface area (TPSA) is 63.4 Å². The molecule has 0 bridgehead atoms. The van der Waals surface area contributed by atoms with Crippen LogP contribution < -0.4 is 9.47 Å². The predicted octanol–water partition coefficient (Wildman–Crippen LogP) is 4.13. The Morgan fingerprint density at radius 2 is 1.81 bits per heavy atom. The van der Waals surface area contributed by atoms with Gasteiger partial charge in [0.15, 0.2) is 11.5 Å². The smallest absolute Gasteiger partial charge is 0.387 e. The van der Waals surface area contributed by atoms with E-state index in [0.29, 0.717) is 44.3 Å². The number of hydrogen-bond acceptors (Lipinski definition) is 4. The Morgan fingerprint density at radius 1 is 1.16 bits per heavy atom. The van der Waals surface area contributed by atoms with Crippen LogP contribution in [-0.2, 0) is 23.2 Å². The molecule has 1 N–H and O–H groups in total. The molecule has 8 heteroatoms. The van der Waals surface area contributed by atoms with Crippen molar-refractivity contribution in [3.05, 3.63) is 70.6 Å². The van der Waals surface area contributed by atoms with E-state index >= 15 is 0 Å². The third-order valence-electron chi connectivity index (χ3n) is 6.26. The van der Waals surface area contributed by atoms with E-state index in [1.54, 1.807) is 17.0 Å². The Morgan fingerprint density at radius 3 is 2.38 bits per heavy atom. The van der Waals surface area contributed by atoms with Crippen LogP contribution in [0, 0.1) is 6.57 Å². The maximum absolute atomic E-state index is 13.0. The summed E-state index contributed by atoms with van der Waals surface area (Å²) in [4.78, 5) is 16.7. The summed E-state index contributed by atoms with van der Waals surface area (Å²) in [5.74, 6) is -0.748. The molecule has 1 aliphatic heterocycles. The van der Waals surface area contributed by atoms with E-state index in [9.17, 15) is 13.6 Å². The van der Waals surface area contributed by atoms with Crippen LogP contribution in [0.4, 0.5) is 8.78 Å². The molecule has 1 saturated heterocycles. The van der Waals surface area contributed by atoms with Gasteiger partial charge in [0.25, 0.3) is 5.54 Å². The number of rotatable bonds is 7. The second kappa shape index (κ2) is 9.13. The van der Waals surface area contributed by atoms with E-state index in [-0.39, 0.29) is 24.1 Å². The normalized spacial score (nSPS) is 18.2. The first-order valence-electron chi connectivity index (χ1n) is 10.5. The summed E-state index contributed by atoms with van der Waals surface area (Å²) in [6, 6.07) is 12.7. The van der Waals surface area contributed by atoms with Crippen LogP contribution in [-0.4, -0.2) is 48.3 Å². The maximum atomic E-state index is 13.0. The summed E-state index contributed by atoms with van der Waals surface area (Å²) >= 11 is 0. The minimum atomic E-state index is -2.99. The average Bonchev–Trinajstić information content (AvgIpc) is 3.17. The van der Waals surface area contributed by atoms with Crippen LogP contribution >= 0.6 is 0 Å². The van der Waals surface area contributed by atoms with Crippen LogP contribution in [0.5, 0.6) is 11.5 Å². The fourth-order valence-electron chi connectivity index (χ4n) is 4.60. The molecule has 2 aromatic carbocycles. The summed E-state index contributed by atoms with van der Waals surface area (Å²) in [7, 11) is 0. The largest absolute Gasteiger partial charge is 0.486 e. The zero-order valence-electron chi connectivity index (χ0n) is 17.5. The highest BCUT2D eigenvalue weighted by Gasteiger charge is 2.43. The van der Waals surface area contributed by atoms with Crippen molar-refractivity contribution in [3.63, 3.8) is 0 Å². The third kappa shape index (κ3) is 4.68. The standard InChI is InChI=1S/C24H24F2N2O4/c1-27-24(8-10-28(11-9-24)15-22(29)30)18-6-7-20(32-23(25)26)21(14-18)31-19-12-16-4-2-3-5-17(16)13-19/h2-7,14,19,23H,8-13,15H2,(H,29,30). The van der Waals surface area contributed by atoms with Gasteiger partial charge in [0.05, 0.1) is 6.54 Å². The van der Waals surface area contributed by atoms with Crippen molar-refractivity contribution in [2.75, 3.05) is 19.6 Å². The first-order valence-corrected chi connectivity index (χ1v) is 10.5. The lowest BCUT2D eigenvalue weighted by atomic mass is 9.81. The van der Waals surface area contributed by atoms with Crippen LogP contribution in [0.25, 0.3) is 4.85 Å². The third-order valence-corrected chi connectivity index (χ3v) is 6.26. The molecule has 1 fully saturated rings. The van der Waals surface area contributed by atoms with Crippen molar-refractivity contribution >= 4 is 5.97 Å². The number of carbonyl (C=O) groups is 1. The Hall–Kier alpha value is -3.18. The molecule has 0 saturated carbocycles. The van der Waals surface area contributed by atoms with Crippen molar-refractivity contribution < 1.29 is 28.2 Å². The van der Waals surface area contributed by atoms with Gasteiger partial charge in [-0.2, -0.15) is 8.78 Å². The second-order valence-corrected chi connectivity index (χ2v) is 8.27. The number of alkyl halides is 2. The van der Waals surface area contributed by atoms with Gasteiger partial charge in [-0.25, -0.2) is 6.57 Å². The molecule has 1 aliphatic carbocycles. The molecule has 0 unspecified atom stereocenters. The highest BCUT2D eigenvalue weighted by atomic mass is 19.3. The number of hydrogen-bond donors (Lipinski definition) is 1. The molecule has 0 spiro atoms. The highest BCUT2D eigenvalue weighted by Crippen LogP contribution is 2.42. The molecule has 0 amide bonds. The number of fused-ring (bicyclic) bond motifs is 1. The zero-order valence-corrected chi connectivity index (χ0v) is 17.5. The van der Waals surface area contributed by atoms with Crippen molar-refractivity contribution in [2.45, 2.75) is 43.9 Å². The predicted molar refractivity (Wildman–Crippen MR) is 113 cm³/mol. The van der Waals surface area contributed by atoms with Gasteiger partial charge in [-0.05, 0) is 29.3 Å². The summed E-state index contributed by atoms with van der Waals surface area (Å²) in [5, 5.41) is 9.02. The molecule has 168 valence electrons. The van der Waals surface area contributed by atoms with Gasteiger partial charge in [-0.1, -0.05) is 24.3 Å². The second-order valence-electron chi connectivity index (χ2n) is 8.27. The van der Waals surface area contributed by atoms with Gasteiger partial charge in [-0.15, -0.1) is 0 Å². The maximum Gasteiger partial charge on any atom is 0.387 e. The van der Waals surface area contributed by atoms with Gasteiger partial charge in [0, 0.05) is 44.3 Å². The molecular formula is C24H24F2N2O4. The highest BCUT2D eigenvalue weighted by molar-refractivity contribution is 5.69. The van der Waals surface area contributed by atoms with Crippen LogP contribution in [0.1, 0.15) is 29.5 Å². The number of carboxylic acid groups (broad SMARTS) is 1. The van der Waals surface area contributed by atoms with Gasteiger partial charge < -0.3 is 19.4 Å². The monoisotopic (exact) mass is 442 g/mol. The van der Waals surface area contributed by atoms with Gasteiger partial charge in [0.1, 0.15) is 6.10 Å². The molecule has 2 aromatic rings. The van der Waals surface area contributed by atoms with Crippen molar-refractivity contribution in [3.8, 4) is 11.5 Å². The molecule has 0 aromatic heterocycles. The first-order chi connectivity index (χ1) is 15.4. The Balaban J connectivity index is 1.57. The number of benzene rings is 2. The first kappa shape index (κ1) is 22.0. The van der Waals surface area contributed by atoms with Crippen LogP contribution in [0.3, 0.4) is 0 Å². The summed E-state index contributed by atoms with van der Waals surface area (Å²) in [5.41, 5.74) is 2.17. The van der Waals surface area contributed by atoms with E-state index in [2.05, 4.69) is 4.85 Å². The van der Waals surface area contributed by atoms with Gasteiger partial charge in [-0.3, -0.25) is 9.69 Å². The lowest BCUT2D eigenvalue weighted by molar-refractivity contribution is -0.138. The molecule has 0 radical (unpaired) electrons. The Kier molecular flexibility index (Phi) is 6.28. The van der Waals surface area contributed by atoms with E-state index in [1.165, 1.54) is 17.2 Å². The van der Waals surface area contributed by atoms with E-state index < -0.39 is 18.1 Å². The number of piperidine rings is 1. The lowest BCUT2D eigenvalue weighted by Crippen LogP contribution is -2.43. The van der Waals surface area contributed by atoms with Crippen molar-refractivity contribution in [1.29, 1.82) is 0 Å². The van der Waals surface area contributed by atoms with Crippen LogP contribution in [0.15, 0.2) is 42.5 Å². The zero-order chi connectivity index (χ0) is 22.7. The number of carboxylic acids is 1. The molecule has 6 nitrogen and oxygen atoms in total. The summed E-state index contributed by atoms with van der Waals surface area (Å²) in [6.45, 7) is 5.73. The molecule has 32 heavy (non-hydrogen) atoms. The van der Waals surface area contributed by atoms with Crippen LogP contribution in [0.2, 0.25) is 0 Å². The van der Waals surface area contributed by atoms with Gasteiger partial charge in [0.2, 0.25) is 0 Å². The number of likely N-dealkylation sites (tertiary alicyclic amines) is 1. The quantitative estimate of drug-likeness (QED) is 0.654. The van der Waals surface area contributed by atoms with E-state index in [4.69, 9.17) is 21.2 Å². The van der Waals surface area contributed by atoms with Crippen molar-refractivity contribution in [2.24, 2.45) is 0 Å². The minimum absolute atomic E-state index is 0.0526. The Bertz CT molecular complexity index is 1000. The Labute approximate surface area is 185 Å². The van der Waals surface area contributed by atoms with Gasteiger partial charge >= 0.3 is 12.6 Å². The van der Waals surface area contributed by atoms with Crippen molar-refractivity contribution in [1.82, 2.24) is 4.90 Å². The number of nitrogens with zero attached hydrogens (tertiary/aromatic N) is 2.